The molecule has 0 spiro atoms. The van der Waals surface area contributed by atoms with Gasteiger partial charge in [-0.1, -0.05) is 73.7 Å². The summed E-state index contributed by atoms with van der Waals surface area (Å²) in [6.07, 6.45) is -0.350. The number of benzene rings is 1. The van der Waals surface area contributed by atoms with E-state index in [0.717, 1.165) is 23.7 Å². The van der Waals surface area contributed by atoms with Gasteiger partial charge in [0.15, 0.2) is 8.32 Å². The summed E-state index contributed by atoms with van der Waals surface area (Å²) in [5.41, 5.74) is 1.57. The minimum Gasteiger partial charge on any atom is -0.466 e. The van der Waals surface area contributed by atoms with E-state index >= 15 is 0 Å². The van der Waals surface area contributed by atoms with Crippen LogP contribution in [0.15, 0.2) is 40.0 Å². The van der Waals surface area contributed by atoms with Crippen molar-refractivity contribution in [3.8, 4) is 0 Å². The van der Waals surface area contributed by atoms with Gasteiger partial charge in [0.05, 0.1) is 12.7 Å². The zero-order valence-corrected chi connectivity index (χ0v) is 16.9. The predicted octanol–water partition coefficient (Wildman–Crippen LogP) is 5.24. The average Bonchev–Trinajstić information content (AvgIpc) is 2.59. The number of methoxy groups -OCH3 is 1. The summed E-state index contributed by atoms with van der Waals surface area (Å²) < 4.78 is 13.3. The Hall–Kier alpha value is -0.663. The number of hydrogen-bond acceptors (Lipinski definition) is 3. The fraction of sp³-hybridized carbons (Fsp3) is 0.471. The SMILES string of the molecule is CC[Si](CC)(CC)OC(C(=CI)C(=O)OC)c1ccccc1. The van der Waals surface area contributed by atoms with Crippen LogP contribution in [-0.2, 0) is 14.0 Å². The number of esters is 1. The molecule has 0 aliphatic heterocycles. The molecule has 0 saturated heterocycles. The van der Waals surface area contributed by atoms with E-state index in [2.05, 4.69) is 43.4 Å². The second kappa shape index (κ2) is 9.47. The Bertz CT molecular complexity index is 490. The third kappa shape index (κ3) is 4.66. The van der Waals surface area contributed by atoms with E-state index < -0.39 is 8.32 Å². The molecule has 1 rings (SSSR count). The van der Waals surface area contributed by atoms with Crippen LogP contribution in [0.5, 0.6) is 0 Å². The van der Waals surface area contributed by atoms with Crippen molar-refractivity contribution < 1.29 is 14.0 Å². The summed E-state index contributed by atoms with van der Waals surface area (Å²) in [5, 5.41) is 0. The van der Waals surface area contributed by atoms with Gasteiger partial charge in [-0.15, -0.1) is 0 Å². The quantitative estimate of drug-likeness (QED) is 0.244. The molecule has 1 aromatic carbocycles. The lowest BCUT2D eigenvalue weighted by molar-refractivity contribution is -0.137. The van der Waals surface area contributed by atoms with Gasteiger partial charge >= 0.3 is 5.97 Å². The maximum atomic E-state index is 12.1. The van der Waals surface area contributed by atoms with Gasteiger partial charge in [0.25, 0.3) is 0 Å². The first-order valence-corrected chi connectivity index (χ1v) is 11.5. The van der Waals surface area contributed by atoms with Crippen molar-refractivity contribution in [1.29, 1.82) is 0 Å². The molecule has 0 bridgehead atoms. The van der Waals surface area contributed by atoms with E-state index in [9.17, 15) is 4.79 Å². The van der Waals surface area contributed by atoms with E-state index in [-0.39, 0.29) is 12.1 Å². The molecule has 5 heteroatoms. The number of rotatable bonds is 8. The largest absolute Gasteiger partial charge is 0.466 e. The Morgan fingerprint density at radius 3 is 2.14 bits per heavy atom. The zero-order valence-electron chi connectivity index (χ0n) is 13.8. The molecule has 0 aliphatic carbocycles. The zero-order chi connectivity index (χ0) is 16.6. The van der Waals surface area contributed by atoms with E-state index in [1.54, 1.807) is 4.08 Å². The fourth-order valence-corrected chi connectivity index (χ4v) is 5.86. The monoisotopic (exact) mass is 432 g/mol. The molecular weight excluding hydrogens is 407 g/mol. The minimum atomic E-state index is -1.85. The van der Waals surface area contributed by atoms with Gasteiger partial charge < -0.3 is 9.16 Å². The summed E-state index contributed by atoms with van der Waals surface area (Å²) in [7, 11) is -0.441. The van der Waals surface area contributed by atoms with Gasteiger partial charge in [0.1, 0.15) is 6.10 Å². The highest BCUT2D eigenvalue weighted by molar-refractivity contribution is 14.1. The second-order valence-corrected chi connectivity index (χ2v) is 10.6. The standard InChI is InChI=1S/C17H25IO3Si/c1-5-22(6-2,7-3)21-16(14-11-9-8-10-12-14)15(13-18)17(19)20-4/h8-13,16H,5-7H2,1-4H3. The first-order valence-electron chi connectivity index (χ1n) is 7.68. The number of hydrogen-bond donors (Lipinski definition) is 0. The highest BCUT2D eigenvalue weighted by Crippen LogP contribution is 2.35. The lowest BCUT2D eigenvalue weighted by atomic mass is 10.0. The third-order valence-electron chi connectivity index (χ3n) is 4.22. The van der Waals surface area contributed by atoms with Gasteiger partial charge in [-0.3, -0.25) is 0 Å². The summed E-state index contributed by atoms with van der Waals surface area (Å²) >= 11 is 2.09. The molecule has 1 aromatic rings. The lowest BCUT2D eigenvalue weighted by Crippen LogP contribution is -2.38. The Labute approximate surface area is 148 Å². The van der Waals surface area contributed by atoms with E-state index in [0.29, 0.717) is 5.57 Å². The van der Waals surface area contributed by atoms with Crippen molar-refractivity contribution in [3.63, 3.8) is 0 Å². The first-order chi connectivity index (χ1) is 10.6. The second-order valence-electron chi connectivity index (χ2n) is 5.21. The van der Waals surface area contributed by atoms with Crippen molar-refractivity contribution >= 4 is 36.9 Å². The van der Waals surface area contributed by atoms with Gasteiger partial charge in [0.2, 0.25) is 0 Å². The predicted molar refractivity (Wildman–Crippen MR) is 102 cm³/mol. The summed E-state index contributed by atoms with van der Waals surface area (Å²) in [6.45, 7) is 6.56. The van der Waals surface area contributed by atoms with Gasteiger partial charge in [0, 0.05) is 0 Å². The maximum Gasteiger partial charge on any atom is 0.337 e. The van der Waals surface area contributed by atoms with Crippen molar-refractivity contribution in [3.05, 3.63) is 45.6 Å². The van der Waals surface area contributed by atoms with Crippen molar-refractivity contribution in [1.82, 2.24) is 0 Å². The van der Waals surface area contributed by atoms with Gasteiger partial charge in [-0.05, 0) is 27.8 Å². The van der Waals surface area contributed by atoms with Crippen LogP contribution in [0.1, 0.15) is 32.4 Å². The van der Waals surface area contributed by atoms with Crippen LogP contribution in [0.3, 0.4) is 0 Å². The highest BCUT2D eigenvalue weighted by Gasteiger charge is 2.35. The average molecular weight is 432 g/mol. The molecule has 22 heavy (non-hydrogen) atoms. The number of carbonyl (C=O) groups excluding carboxylic acids is 1. The Balaban J connectivity index is 3.26. The fourth-order valence-electron chi connectivity index (χ4n) is 2.52. The van der Waals surface area contributed by atoms with Crippen molar-refractivity contribution in [2.24, 2.45) is 0 Å². The van der Waals surface area contributed by atoms with Crippen LogP contribution in [0.2, 0.25) is 18.1 Å². The van der Waals surface area contributed by atoms with Crippen LogP contribution in [-0.4, -0.2) is 21.4 Å². The van der Waals surface area contributed by atoms with E-state index in [1.807, 2.05) is 30.3 Å². The van der Waals surface area contributed by atoms with Crippen LogP contribution < -0.4 is 0 Å². The van der Waals surface area contributed by atoms with Crippen molar-refractivity contribution in [2.75, 3.05) is 7.11 Å². The minimum absolute atomic E-state index is 0.325. The molecule has 0 N–H and O–H groups in total. The lowest BCUT2D eigenvalue weighted by Gasteiger charge is -2.34. The van der Waals surface area contributed by atoms with E-state index in [4.69, 9.17) is 9.16 Å². The molecule has 0 saturated carbocycles. The Morgan fingerprint density at radius 1 is 1.18 bits per heavy atom. The Morgan fingerprint density at radius 2 is 1.73 bits per heavy atom. The van der Waals surface area contributed by atoms with Gasteiger partial charge in [-0.25, -0.2) is 4.79 Å². The summed E-state index contributed by atoms with van der Waals surface area (Å²) in [6, 6.07) is 13.1. The third-order valence-corrected chi connectivity index (χ3v) is 9.50. The van der Waals surface area contributed by atoms with Crippen molar-refractivity contribution in [2.45, 2.75) is 45.0 Å². The molecule has 122 valence electrons. The number of halogens is 1. The molecule has 0 amide bonds. The van der Waals surface area contributed by atoms with Gasteiger partial charge in [-0.2, -0.15) is 0 Å². The molecule has 0 heterocycles. The molecule has 0 aliphatic rings. The first kappa shape index (κ1) is 19.4. The van der Waals surface area contributed by atoms with Crippen LogP contribution in [0.4, 0.5) is 0 Å². The Kier molecular flexibility index (Phi) is 8.34. The smallest absolute Gasteiger partial charge is 0.337 e. The molecule has 0 radical (unpaired) electrons. The molecule has 3 nitrogen and oxygen atoms in total. The summed E-state index contributed by atoms with van der Waals surface area (Å²) in [4.78, 5) is 12.1. The number of carbonyl (C=O) groups is 1. The molecule has 1 unspecified atom stereocenters. The van der Waals surface area contributed by atoms with E-state index in [1.165, 1.54) is 7.11 Å². The molecule has 0 fully saturated rings. The van der Waals surface area contributed by atoms with Crippen LogP contribution in [0.25, 0.3) is 0 Å². The van der Waals surface area contributed by atoms with Crippen LogP contribution >= 0.6 is 22.6 Å². The number of ether oxygens (including phenoxy) is 1. The molecule has 0 aromatic heterocycles. The highest BCUT2D eigenvalue weighted by atomic mass is 127. The molecule has 1 atom stereocenters. The topological polar surface area (TPSA) is 35.5 Å². The summed E-state index contributed by atoms with van der Waals surface area (Å²) in [5.74, 6) is -0.325. The normalized spacial score (nSPS) is 13.8. The molecular formula is C17H25IO3Si. The maximum absolute atomic E-state index is 12.1. The van der Waals surface area contributed by atoms with Crippen LogP contribution in [0, 0.1) is 0 Å².